The highest BCUT2D eigenvalue weighted by atomic mass is 16.5. The van der Waals surface area contributed by atoms with Crippen molar-refractivity contribution in [3.05, 3.63) is 36.5 Å². The molecular weight excluding hydrogens is 278 g/mol. The fourth-order valence-corrected chi connectivity index (χ4v) is 2.28. The van der Waals surface area contributed by atoms with Crippen molar-refractivity contribution in [1.82, 2.24) is 10.3 Å². The molecule has 0 atom stereocenters. The van der Waals surface area contributed by atoms with Gasteiger partial charge in [-0.25, -0.2) is 4.79 Å². The van der Waals surface area contributed by atoms with Gasteiger partial charge < -0.3 is 15.4 Å². The highest BCUT2D eigenvalue weighted by Crippen LogP contribution is 2.28. The van der Waals surface area contributed by atoms with Crippen molar-refractivity contribution in [2.45, 2.75) is 19.3 Å². The van der Waals surface area contributed by atoms with Crippen LogP contribution in [0.3, 0.4) is 0 Å². The van der Waals surface area contributed by atoms with Gasteiger partial charge in [-0.05, 0) is 37.3 Å². The molecule has 0 unspecified atom stereocenters. The molecule has 1 aliphatic rings. The Labute approximate surface area is 130 Å². The third-order valence-electron chi connectivity index (χ3n) is 3.68. The van der Waals surface area contributed by atoms with E-state index < -0.39 is 0 Å². The number of urea groups is 1. The summed E-state index contributed by atoms with van der Waals surface area (Å²) in [7, 11) is 0. The molecule has 1 heterocycles. The molecular formula is C17H21N3O2. The molecule has 5 heteroatoms. The molecule has 2 amide bonds. The molecule has 3 rings (SSSR count). The second kappa shape index (κ2) is 7.22. The van der Waals surface area contributed by atoms with Gasteiger partial charge in [0.25, 0.3) is 0 Å². The molecule has 0 spiro atoms. The summed E-state index contributed by atoms with van der Waals surface area (Å²) in [5, 5.41) is 6.70. The van der Waals surface area contributed by atoms with E-state index in [0.717, 1.165) is 35.5 Å². The molecule has 22 heavy (non-hydrogen) atoms. The number of pyridine rings is 1. The highest BCUT2D eigenvalue weighted by molar-refractivity contribution is 5.99. The molecule has 5 nitrogen and oxygen atoms in total. The van der Waals surface area contributed by atoms with E-state index in [9.17, 15) is 4.79 Å². The molecule has 0 aliphatic heterocycles. The third-order valence-corrected chi connectivity index (χ3v) is 3.68. The predicted octanol–water partition coefficient (Wildman–Crippen LogP) is 3.17. The summed E-state index contributed by atoms with van der Waals surface area (Å²) in [4.78, 5) is 16.2. The minimum atomic E-state index is -0.208. The van der Waals surface area contributed by atoms with Gasteiger partial charge in [0, 0.05) is 31.3 Å². The van der Waals surface area contributed by atoms with Gasteiger partial charge in [0.2, 0.25) is 0 Å². The van der Waals surface area contributed by atoms with Crippen molar-refractivity contribution in [3.8, 4) is 0 Å². The Morgan fingerprint density at radius 1 is 1.27 bits per heavy atom. The van der Waals surface area contributed by atoms with Crippen LogP contribution < -0.4 is 10.6 Å². The lowest BCUT2D eigenvalue weighted by molar-refractivity contribution is 0.122. The zero-order valence-electron chi connectivity index (χ0n) is 12.5. The van der Waals surface area contributed by atoms with Crippen LogP contribution in [0.2, 0.25) is 0 Å². The standard InChI is InChI=1S/C17H21N3O2/c21-17(19-10-3-11-22-12-13-7-8-13)20-15-6-1-4-14-5-2-9-18-16(14)15/h1-2,4-6,9,13H,3,7-8,10-12H2,(H2,19,20,21). The second-order valence-corrected chi connectivity index (χ2v) is 5.63. The zero-order valence-corrected chi connectivity index (χ0v) is 12.5. The van der Waals surface area contributed by atoms with Crippen LogP contribution in [0.5, 0.6) is 0 Å². The van der Waals surface area contributed by atoms with Gasteiger partial charge in [0.1, 0.15) is 0 Å². The molecule has 1 aliphatic carbocycles. The molecule has 1 aromatic carbocycles. The fraction of sp³-hybridized carbons (Fsp3) is 0.412. The monoisotopic (exact) mass is 299 g/mol. The number of fused-ring (bicyclic) bond motifs is 1. The van der Waals surface area contributed by atoms with Crippen LogP contribution in [-0.4, -0.2) is 30.8 Å². The van der Waals surface area contributed by atoms with Crippen LogP contribution in [-0.2, 0) is 4.74 Å². The number of anilines is 1. The molecule has 1 fully saturated rings. The Kier molecular flexibility index (Phi) is 4.85. The van der Waals surface area contributed by atoms with Gasteiger partial charge in [0.15, 0.2) is 0 Å². The van der Waals surface area contributed by atoms with Crippen molar-refractivity contribution >= 4 is 22.6 Å². The number of hydrogen-bond donors (Lipinski definition) is 2. The molecule has 116 valence electrons. The molecule has 0 bridgehead atoms. The minimum absolute atomic E-state index is 0.208. The predicted molar refractivity (Wildman–Crippen MR) is 86.9 cm³/mol. The van der Waals surface area contributed by atoms with E-state index in [1.54, 1.807) is 6.20 Å². The Morgan fingerprint density at radius 3 is 3.00 bits per heavy atom. The first-order chi connectivity index (χ1) is 10.8. The lowest BCUT2D eigenvalue weighted by atomic mass is 10.2. The van der Waals surface area contributed by atoms with Crippen LogP contribution in [0.25, 0.3) is 10.9 Å². The maximum Gasteiger partial charge on any atom is 0.319 e. The number of ether oxygens (including phenoxy) is 1. The maximum absolute atomic E-state index is 11.9. The smallest absolute Gasteiger partial charge is 0.319 e. The molecule has 0 radical (unpaired) electrons. The van der Waals surface area contributed by atoms with Gasteiger partial charge >= 0.3 is 6.03 Å². The summed E-state index contributed by atoms with van der Waals surface area (Å²) in [5.41, 5.74) is 1.52. The Balaban J connectivity index is 1.42. The second-order valence-electron chi connectivity index (χ2n) is 5.63. The van der Waals surface area contributed by atoms with Gasteiger partial charge in [-0.15, -0.1) is 0 Å². The Hall–Kier alpha value is -2.14. The quantitative estimate of drug-likeness (QED) is 0.772. The van der Waals surface area contributed by atoms with Crippen molar-refractivity contribution in [1.29, 1.82) is 0 Å². The minimum Gasteiger partial charge on any atom is -0.381 e. The first-order valence-corrected chi connectivity index (χ1v) is 7.79. The SMILES string of the molecule is O=C(NCCCOCC1CC1)Nc1cccc2cccnc12. The summed E-state index contributed by atoms with van der Waals surface area (Å²) in [6.07, 6.45) is 5.16. The van der Waals surface area contributed by atoms with Crippen LogP contribution in [0.4, 0.5) is 10.5 Å². The van der Waals surface area contributed by atoms with E-state index in [0.29, 0.717) is 13.2 Å². The van der Waals surface area contributed by atoms with Crippen LogP contribution in [0.1, 0.15) is 19.3 Å². The molecule has 1 aromatic heterocycles. The summed E-state index contributed by atoms with van der Waals surface area (Å²) >= 11 is 0. The van der Waals surface area contributed by atoms with Crippen molar-refractivity contribution in [3.63, 3.8) is 0 Å². The first kappa shape index (κ1) is 14.8. The maximum atomic E-state index is 11.9. The number of aromatic nitrogens is 1. The van der Waals surface area contributed by atoms with Gasteiger partial charge in [0.05, 0.1) is 11.2 Å². The van der Waals surface area contributed by atoms with E-state index in [1.807, 2.05) is 30.3 Å². The molecule has 0 saturated heterocycles. The number of para-hydroxylation sites is 1. The number of hydrogen-bond acceptors (Lipinski definition) is 3. The average Bonchev–Trinajstić information content (AvgIpc) is 3.35. The van der Waals surface area contributed by atoms with Crippen LogP contribution >= 0.6 is 0 Å². The molecule has 2 aromatic rings. The van der Waals surface area contributed by atoms with E-state index in [1.165, 1.54) is 12.8 Å². The van der Waals surface area contributed by atoms with E-state index >= 15 is 0 Å². The topological polar surface area (TPSA) is 63.2 Å². The average molecular weight is 299 g/mol. The molecule has 2 N–H and O–H groups in total. The lowest BCUT2D eigenvalue weighted by Gasteiger charge is -2.09. The van der Waals surface area contributed by atoms with Crippen molar-refractivity contribution in [2.75, 3.05) is 25.1 Å². The number of rotatable bonds is 7. The lowest BCUT2D eigenvalue weighted by Crippen LogP contribution is -2.30. The van der Waals surface area contributed by atoms with E-state index in [2.05, 4.69) is 15.6 Å². The van der Waals surface area contributed by atoms with E-state index in [4.69, 9.17) is 4.74 Å². The van der Waals surface area contributed by atoms with Gasteiger partial charge in [-0.2, -0.15) is 0 Å². The fourth-order valence-electron chi connectivity index (χ4n) is 2.28. The number of nitrogens with one attached hydrogen (secondary N) is 2. The first-order valence-electron chi connectivity index (χ1n) is 7.79. The number of nitrogens with zero attached hydrogens (tertiary/aromatic N) is 1. The largest absolute Gasteiger partial charge is 0.381 e. The summed E-state index contributed by atoms with van der Waals surface area (Å²) in [6, 6.07) is 9.39. The summed E-state index contributed by atoms with van der Waals surface area (Å²) in [6.45, 7) is 2.18. The Bertz CT molecular complexity index is 635. The van der Waals surface area contributed by atoms with Crippen LogP contribution in [0.15, 0.2) is 36.5 Å². The number of carbonyl (C=O) groups is 1. The number of benzene rings is 1. The summed E-state index contributed by atoms with van der Waals surface area (Å²) in [5.74, 6) is 0.787. The third kappa shape index (κ3) is 4.18. The zero-order chi connectivity index (χ0) is 15.2. The summed E-state index contributed by atoms with van der Waals surface area (Å²) < 4.78 is 5.53. The number of carbonyl (C=O) groups excluding carboxylic acids is 1. The normalized spacial score (nSPS) is 14.0. The highest BCUT2D eigenvalue weighted by Gasteiger charge is 2.20. The van der Waals surface area contributed by atoms with Crippen molar-refractivity contribution < 1.29 is 9.53 Å². The van der Waals surface area contributed by atoms with Gasteiger partial charge in [-0.1, -0.05) is 18.2 Å². The Morgan fingerprint density at radius 2 is 2.14 bits per heavy atom. The molecule has 1 saturated carbocycles. The van der Waals surface area contributed by atoms with Gasteiger partial charge in [-0.3, -0.25) is 4.98 Å². The van der Waals surface area contributed by atoms with Crippen LogP contribution in [0, 0.1) is 5.92 Å². The number of amides is 2. The van der Waals surface area contributed by atoms with E-state index in [-0.39, 0.29) is 6.03 Å². The van der Waals surface area contributed by atoms with Crippen molar-refractivity contribution in [2.24, 2.45) is 5.92 Å².